The lowest BCUT2D eigenvalue weighted by Crippen LogP contribution is -2.41. The molecule has 2 fully saturated rings. The van der Waals surface area contributed by atoms with Gasteiger partial charge in [0.2, 0.25) is 5.91 Å². The van der Waals surface area contributed by atoms with E-state index in [0.717, 1.165) is 66.2 Å². The lowest BCUT2D eigenvalue weighted by molar-refractivity contribution is -0.128. The van der Waals surface area contributed by atoms with Crippen molar-refractivity contribution < 1.29 is 28.6 Å². The number of carbonyl (C=O) groups is 2. The van der Waals surface area contributed by atoms with E-state index in [0.29, 0.717) is 32.7 Å². The van der Waals surface area contributed by atoms with Gasteiger partial charge in [0.1, 0.15) is 17.3 Å². The third kappa shape index (κ3) is 6.54. The molecule has 2 saturated heterocycles. The van der Waals surface area contributed by atoms with Crippen molar-refractivity contribution in [2.45, 2.75) is 46.2 Å². The Bertz CT molecular complexity index is 1370. The Hall–Kier alpha value is -3.91. The molecule has 3 aromatic carbocycles. The molecule has 2 heterocycles. The summed E-state index contributed by atoms with van der Waals surface area (Å²) in [6, 6.07) is 17.3. The van der Waals surface area contributed by atoms with Crippen LogP contribution in [-0.2, 0) is 17.9 Å². The monoisotopic (exact) mass is 560 g/mol. The van der Waals surface area contributed by atoms with Gasteiger partial charge in [-0.1, -0.05) is 24.3 Å². The van der Waals surface area contributed by atoms with Gasteiger partial charge in [0.05, 0.1) is 24.3 Å². The second-order valence-electron chi connectivity index (χ2n) is 11.0. The molecule has 5 rings (SSSR count). The van der Waals surface area contributed by atoms with Crippen LogP contribution < -0.4 is 9.47 Å². The molecule has 0 aromatic heterocycles. The fourth-order valence-electron chi connectivity index (χ4n) is 6.10. The molecule has 7 nitrogen and oxygen atoms in total. The topological polar surface area (TPSA) is 79.3 Å². The maximum absolute atomic E-state index is 13.6. The van der Waals surface area contributed by atoms with Crippen LogP contribution in [0.15, 0.2) is 60.7 Å². The summed E-state index contributed by atoms with van der Waals surface area (Å²) in [4.78, 5) is 28.6. The van der Waals surface area contributed by atoms with E-state index in [4.69, 9.17) is 9.47 Å². The van der Waals surface area contributed by atoms with Crippen molar-refractivity contribution in [3.05, 3.63) is 83.2 Å². The number of carboxylic acid groups (broad SMARTS) is 1. The molecular formula is C33H37FN2O5. The summed E-state index contributed by atoms with van der Waals surface area (Å²) in [6.07, 6.45) is 2.39. The normalized spacial score (nSPS) is 16.8. The number of carbonyl (C=O) groups excluding carboxylic acids is 1. The predicted octanol–water partition coefficient (Wildman–Crippen LogP) is 6.00. The molecule has 2 aliphatic rings. The van der Waals surface area contributed by atoms with Crippen LogP contribution in [0.4, 0.5) is 4.39 Å². The summed E-state index contributed by atoms with van der Waals surface area (Å²) >= 11 is 0. The van der Waals surface area contributed by atoms with Crippen molar-refractivity contribution in [1.82, 2.24) is 9.80 Å². The highest BCUT2D eigenvalue weighted by molar-refractivity contribution is 5.87. The van der Waals surface area contributed by atoms with E-state index in [9.17, 15) is 19.1 Å². The third-order valence-corrected chi connectivity index (χ3v) is 8.13. The molecule has 0 saturated carbocycles. The number of hydrogen-bond acceptors (Lipinski definition) is 5. The first-order valence-corrected chi connectivity index (χ1v) is 14.3. The number of ether oxygens (including phenoxy) is 2. The maximum atomic E-state index is 13.6. The van der Waals surface area contributed by atoms with E-state index in [1.807, 2.05) is 24.8 Å². The maximum Gasteiger partial charge on any atom is 0.335 e. The fraction of sp³-hybridized carbons (Fsp3) is 0.394. The van der Waals surface area contributed by atoms with Gasteiger partial charge in [-0.2, -0.15) is 0 Å². The molecule has 0 atom stereocenters. The van der Waals surface area contributed by atoms with Crippen LogP contribution in [0.3, 0.4) is 0 Å². The van der Waals surface area contributed by atoms with Gasteiger partial charge in [0, 0.05) is 26.1 Å². The predicted molar refractivity (Wildman–Crippen MR) is 155 cm³/mol. The van der Waals surface area contributed by atoms with Crippen LogP contribution in [0.1, 0.15) is 54.6 Å². The van der Waals surface area contributed by atoms with Crippen LogP contribution >= 0.6 is 0 Å². The summed E-state index contributed by atoms with van der Waals surface area (Å²) in [5.74, 6) is 0.326. The fourth-order valence-corrected chi connectivity index (χ4v) is 6.10. The highest BCUT2D eigenvalue weighted by atomic mass is 19.1. The minimum Gasteiger partial charge on any atom is -0.493 e. The van der Waals surface area contributed by atoms with Crippen LogP contribution in [0.2, 0.25) is 0 Å². The number of halogens is 1. The summed E-state index contributed by atoms with van der Waals surface area (Å²) in [7, 11) is 0. The van der Waals surface area contributed by atoms with Gasteiger partial charge in [-0.05, 0) is 98.3 Å². The molecule has 0 aliphatic carbocycles. The lowest BCUT2D eigenvalue weighted by atomic mass is 9.77. The number of piperidine rings is 1. The minimum absolute atomic E-state index is 0.0442. The Morgan fingerprint density at radius 3 is 2.20 bits per heavy atom. The van der Waals surface area contributed by atoms with E-state index in [2.05, 4.69) is 17.0 Å². The Balaban J connectivity index is 1.27. The molecule has 1 amide bonds. The first kappa shape index (κ1) is 28.6. The van der Waals surface area contributed by atoms with Crippen molar-refractivity contribution >= 4 is 11.9 Å². The Labute approximate surface area is 240 Å². The molecular weight excluding hydrogens is 523 g/mol. The van der Waals surface area contributed by atoms with Gasteiger partial charge in [-0.25, -0.2) is 9.18 Å². The molecule has 0 radical (unpaired) electrons. The van der Waals surface area contributed by atoms with Gasteiger partial charge in [0.15, 0.2) is 0 Å². The van der Waals surface area contributed by atoms with E-state index in [-0.39, 0.29) is 22.7 Å². The van der Waals surface area contributed by atoms with Crippen molar-refractivity contribution in [3.63, 3.8) is 0 Å². The number of amides is 1. The second kappa shape index (κ2) is 12.3. The largest absolute Gasteiger partial charge is 0.493 e. The van der Waals surface area contributed by atoms with Gasteiger partial charge in [0.25, 0.3) is 0 Å². The van der Waals surface area contributed by atoms with Gasteiger partial charge in [-0.15, -0.1) is 0 Å². The molecule has 1 spiro atoms. The van der Waals surface area contributed by atoms with E-state index < -0.39 is 5.97 Å². The van der Waals surface area contributed by atoms with Crippen molar-refractivity contribution in [1.29, 1.82) is 0 Å². The third-order valence-electron chi connectivity index (χ3n) is 8.13. The van der Waals surface area contributed by atoms with Crippen LogP contribution in [-0.4, -0.2) is 59.6 Å². The highest BCUT2D eigenvalue weighted by Crippen LogP contribution is 2.43. The molecule has 0 bridgehead atoms. The number of carboxylic acids is 1. The van der Waals surface area contributed by atoms with E-state index >= 15 is 0 Å². The smallest absolute Gasteiger partial charge is 0.335 e. The SMILES string of the molecule is CCOc1cc(CN2CCC3(CC2)CC(=O)N(Cc2cccc(C(=O)O)c2)C3)cc(OCC)c1-c1ccc(F)cc1. The van der Waals surface area contributed by atoms with Crippen LogP contribution in [0.25, 0.3) is 11.1 Å². The Kier molecular flexibility index (Phi) is 8.59. The number of aromatic carboxylic acids is 1. The van der Waals surface area contributed by atoms with Crippen molar-refractivity contribution in [2.75, 3.05) is 32.8 Å². The van der Waals surface area contributed by atoms with Crippen molar-refractivity contribution in [2.24, 2.45) is 5.41 Å². The van der Waals surface area contributed by atoms with E-state index in [1.54, 1.807) is 30.3 Å². The van der Waals surface area contributed by atoms with Crippen molar-refractivity contribution in [3.8, 4) is 22.6 Å². The number of nitrogens with zero attached hydrogens (tertiary/aromatic N) is 2. The summed E-state index contributed by atoms with van der Waals surface area (Å²) < 4.78 is 25.7. The zero-order valence-electron chi connectivity index (χ0n) is 23.7. The standard InChI is InChI=1S/C33H37FN2O5/c1-3-40-28-17-24(18-29(41-4-2)31(28)25-8-10-27(34)11-9-25)20-35-14-12-33(13-15-35)19-30(37)36(22-33)21-23-6-5-7-26(16-23)32(38)39/h5-11,16-18H,3-4,12-15,19-22H2,1-2H3,(H,38,39). The molecule has 216 valence electrons. The molecule has 3 aromatic rings. The Morgan fingerprint density at radius 1 is 0.927 bits per heavy atom. The zero-order chi connectivity index (χ0) is 29.0. The number of benzene rings is 3. The first-order chi connectivity index (χ1) is 19.8. The lowest BCUT2D eigenvalue weighted by Gasteiger charge is -2.39. The Morgan fingerprint density at radius 2 is 1.59 bits per heavy atom. The average molecular weight is 561 g/mol. The molecule has 1 N–H and O–H groups in total. The van der Waals surface area contributed by atoms with Gasteiger partial charge in [-0.3, -0.25) is 9.69 Å². The van der Waals surface area contributed by atoms with E-state index in [1.165, 1.54) is 12.1 Å². The van der Waals surface area contributed by atoms with Crippen LogP contribution in [0.5, 0.6) is 11.5 Å². The quantitative estimate of drug-likeness (QED) is 0.328. The summed E-state index contributed by atoms with van der Waals surface area (Å²) in [6.45, 7) is 8.52. The number of hydrogen-bond donors (Lipinski definition) is 1. The highest BCUT2D eigenvalue weighted by Gasteiger charge is 2.44. The minimum atomic E-state index is -0.963. The number of rotatable bonds is 10. The molecule has 2 aliphatic heterocycles. The summed E-state index contributed by atoms with van der Waals surface area (Å²) in [5.41, 5.74) is 3.79. The second-order valence-corrected chi connectivity index (χ2v) is 11.0. The van der Waals surface area contributed by atoms with Gasteiger partial charge < -0.3 is 19.5 Å². The number of likely N-dealkylation sites (tertiary alicyclic amines) is 2. The molecule has 8 heteroatoms. The molecule has 41 heavy (non-hydrogen) atoms. The first-order valence-electron chi connectivity index (χ1n) is 14.3. The summed E-state index contributed by atoms with van der Waals surface area (Å²) in [5, 5.41) is 9.30. The average Bonchev–Trinajstić information content (AvgIpc) is 3.25. The van der Waals surface area contributed by atoms with Gasteiger partial charge >= 0.3 is 5.97 Å². The molecule has 0 unspecified atom stereocenters. The zero-order valence-corrected chi connectivity index (χ0v) is 23.7. The van der Waals surface area contributed by atoms with Crippen LogP contribution in [0, 0.1) is 11.2 Å².